The molecule has 2 rings (SSSR count). The number of aryl methyl sites for hydroxylation is 1. The lowest BCUT2D eigenvalue weighted by molar-refractivity contribution is 0.0687. The van der Waals surface area contributed by atoms with E-state index >= 15 is 0 Å². The van der Waals surface area contributed by atoms with Crippen LogP contribution in [0.25, 0.3) is 10.9 Å². The van der Waals surface area contributed by atoms with Gasteiger partial charge in [0.1, 0.15) is 11.3 Å². The van der Waals surface area contributed by atoms with Gasteiger partial charge < -0.3 is 5.11 Å². The fraction of sp³-hybridized carbons (Fsp3) is 0.111. The van der Waals surface area contributed by atoms with Crippen molar-refractivity contribution in [2.75, 3.05) is 0 Å². The number of rotatable bonds is 1. The molecule has 0 spiro atoms. The molecule has 0 saturated heterocycles. The van der Waals surface area contributed by atoms with Gasteiger partial charge in [0.25, 0.3) is 0 Å². The highest BCUT2D eigenvalue weighted by molar-refractivity contribution is 9.10. The number of carbonyl (C=O) groups is 1. The zero-order valence-electron chi connectivity index (χ0n) is 7.66. The van der Waals surface area contributed by atoms with E-state index in [-0.39, 0.29) is 11.1 Å². The molecule has 1 aromatic heterocycles. The van der Waals surface area contributed by atoms with Gasteiger partial charge in [0.05, 0.1) is 5.39 Å². The second kappa shape index (κ2) is 3.30. The summed E-state index contributed by atoms with van der Waals surface area (Å²) in [5, 5.41) is 12.9. The number of benzene rings is 1. The molecule has 1 aromatic carbocycles. The van der Waals surface area contributed by atoms with Gasteiger partial charge in [-0.15, -0.1) is 0 Å². The quantitative estimate of drug-likeness (QED) is 0.866. The maximum atomic E-state index is 13.5. The fourth-order valence-corrected chi connectivity index (χ4v) is 1.88. The van der Waals surface area contributed by atoms with Gasteiger partial charge >= 0.3 is 5.97 Å². The van der Waals surface area contributed by atoms with E-state index in [1.165, 1.54) is 19.2 Å². The van der Waals surface area contributed by atoms with E-state index in [4.69, 9.17) is 5.11 Å². The molecule has 0 atom stereocenters. The van der Waals surface area contributed by atoms with Crippen molar-refractivity contribution >= 4 is 32.8 Å². The number of aromatic carboxylic acids is 1. The van der Waals surface area contributed by atoms with Gasteiger partial charge in [-0.3, -0.25) is 4.68 Å². The molecule has 1 heterocycles. The predicted octanol–water partition coefficient (Wildman–Crippen LogP) is 2.17. The van der Waals surface area contributed by atoms with Gasteiger partial charge in [-0.1, -0.05) is 0 Å². The predicted molar refractivity (Wildman–Crippen MR) is 55.3 cm³/mol. The Morgan fingerprint density at radius 2 is 2.27 bits per heavy atom. The molecule has 0 saturated carbocycles. The summed E-state index contributed by atoms with van der Waals surface area (Å²) in [6, 6.07) is 2.71. The smallest absolute Gasteiger partial charge is 0.354 e. The first-order valence-electron chi connectivity index (χ1n) is 4.06. The number of halogens is 2. The van der Waals surface area contributed by atoms with E-state index in [0.29, 0.717) is 9.99 Å². The van der Waals surface area contributed by atoms with E-state index < -0.39 is 11.8 Å². The third-order valence-corrected chi connectivity index (χ3v) is 2.73. The molecule has 0 fully saturated rings. The number of fused-ring (bicyclic) bond motifs is 1. The topological polar surface area (TPSA) is 55.1 Å². The van der Waals surface area contributed by atoms with Crippen molar-refractivity contribution in [1.29, 1.82) is 0 Å². The minimum Gasteiger partial charge on any atom is -0.477 e. The van der Waals surface area contributed by atoms with Gasteiger partial charge in [0, 0.05) is 11.5 Å². The van der Waals surface area contributed by atoms with Crippen LogP contribution in [0.3, 0.4) is 0 Å². The minimum absolute atomic E-state index is 0.0272. The van der Waals surface area contributed by atoms with Gasteiger partial charge in [-0.25, -0.2) is 9.18 Å². The van der Waals surface area contributed by atoms with Crippen molar-refractivity contribution in [2.45, 2.75) is 0 Å². The molecule has 0 aliphatic heterocycles. The summed E-state index contributed by atoms with van der Waals surface area (Å²) in [4.78, 5) is 10.9. The Kier molecular flexibility index (Phi) is 2.22. The molecule has 6 heteroatoms. The number of aromatic nitrogens is 2. The summed E-state index contributed by atoms with van der Waals surface area (Å²) in [7, 11) is 1.47. The molecule has 1 N–H and O–H groups in total. The first-order valence-corrected chi connectivity index (χ1v) is 4.85. The minimum atomic E-state index is -1.20. The molecular weight excluding hydrogens is 267 g/mol. The van der Waals surface area contributed by atoms with Crippen LogP contribution in [0.5, 0.6) is 0 Å². The SMILES string of the molecule is Cn1nc2c(Br)ccc(F)c2c1C(=O)O. The van der Waals surface area contributed by atoms with Crippen LogP contribution in [0, 0.1) is 5.82 Å². The van der Waals surface area contributed by atoms with E-state index in [1.54, 1.807) is 0 Å². The average Bonchev–Trinajstić information content (AvgIpc) is 2.50. The molecule has 0 bridgehead atoms. The van der Waals surface area contributed by atoms with Crippen molar-refractivity contribution < 1.29 is 14.3 Å². The highest BCUT2D eigenvalue weighted by Gasteiger charge is 2.20. The van der Waals surface area contributed by atoms with Crippen molar-refractivity contribution in [3.8, 4) is 0 Å². The molecule has 0 unspecified atom stereocenters. The number of hydrogen-bond acceptors (Lipinski definition) is 2. The van der Waals surface area contributed by atoms with Crippen LogP contribution in [-0.4, -0.2) is 20.9 Å². The Labute approximate surface area is 92.4 Å². The maximum Gasteiger partial charge on any atom is 0.354 e. The lowest BCUT2D eigenvalue weighted by Gasteiger charge is -1.96. The Morgan fingerprint density at radius 3 is 2.87 bits per heavy atom. The van der Waals surface area contributed by atoms with E-state index in [0.717, 1.165) is 4.68 Å². The summed E-state index contributed by atoms with van der Waals surface area (Å²) in [5.74, 6) is -1.78. The summed E-state index contributed by atoms with van der Waals surface area (Å²) in [5.41, 5.74) is 0.165. The summed E-state index contributed by atoms with van der Waals surface area (Å²) < 4.78 is 15.2. The second-order valence-corrected chi connectivity index (χ2v) is 3.88. The Bertz CT molecular complexity index is 565. The summed E-state index contributed by atoms with van der Waals surface area (Å²) in [6.45, 7) is 0. The van der Waals surface area contributed by atoms with Crippen LogP contribution in [0.2, 0.25) is 0 Å². The number of nitrogens with zero attached hydrogens (tertiary/aromatic N) is 2. The molecule has 0 radical (unpaired) electrons. The average molecular weight is 273 g/mol. The van der Waals surface area contributed by atoms with Crippen LogP contribution < -0.4 is 0 Å². The normalized spacial score (nSPS) is 10.9. The number of carboxylic acid groups (broad SMARTS) is 1. The van der Waals surface area contributed by atoms with E-state index in [1.807, 2.05) is 0 Å². The van der Waals surface area contributed by atoms with Gasteiger partial charge in [-0.05, 0) is 28.1 Å². The van der Waals surface area contributed by atoms with Gasteiger partial charge in [-0.2, -0.15) is 5.10 Å². The Morgan fingerprint density at radius 1 is 1.60 bits per heavy atom. The van der Waals surface area contributed by atoms with Crippen LogP contribution >= 0.6 is 15.9 Å². The van der Waals surface area contributed by atoms with Crippen LogP contribution in [0.1, 0.15) is 10.5 Å². The molecule has 4 nitrogen and oxygen atoms in total. The number of hydrogen-bond donors (Lipinski definition) is 1. The molecule has 78 valence electrons. The highest BCUT2D eigenvalue weighted by atomic mass is 79.9. The van der Waals surface area contributed by atoms with Gasteiger partial charge in [0.2, 0.25) is 0 Å². The lowest BCUT2D eigenvalue weighted by atomic mass is 10.2. The first-order chi connectivity index (χ1) is 7.02. The van der Waals surface area contributed by atoms with Crippen molar-refractivity contribution in [3.05, 3.63) is 28.1 Å². The maximum absolute atomic E-state index is 13.5. The van der Waals surface area contributed by atoms with Crippen LogP contribution in [0.15, 0.2) is 16.6 Å². The van der Waals surface area contributed by atoms with Crippen molar-refractivity contribution in [3.63, 3.8) is 0 Å². The van der Waals surface area contributed by atoms with E-state index in [2.05, 4.69) is 21.0 Å². The molecule has 15 heavy (non-hydrogen) atoms. The number of carboxylic acids is 1. The third-order valence-electron chi connectivity index (χ3n) is 2.09. The molecule has 0 amide bonds. The summed E-state index contributed by atoms with van der Waals surface area (Å²) in [6.07, 6.45) is 0. The summed E-state index contributed by atoms with van der Waals surface area (Å²) >= 11 is 3.19. The van der Waals surface area contributed by atoms with Crippen LogP contribution in [-0.2, 0) is 7.05 Å². The molecular formula is C9H6BrFN2O2. The monoisotopic (exact) mass is 272 g/mol. The Balaban J connectivity index is 2.98. The zero-order valence-corrected chi connectivity index (χ0v) is 9.25. The van der Waals surface area contributed by atoms with Gasteiger partial charge in [0.15, 0.2) is 5.69 Å². The zero-order chi connectivity index (χ0) is 11.2. The van der Waals surface area contributed by atoms with Crippen molar-refractivity contribution in [2.24, 2.45) is 7.05 Å². The Hall–Kier alpha value is -1.43. The van der Waals surface area contributed by atoms with Crippen LogP contribution in [0.4, 0.5) is 4.39 Å². The van der Waals surface area contributed by atoms with E-state index in [9.17, 15) is 9.18 Å². The molecule has 2 aromatic rings. The first kappa shape index (κ1) is 10.1. The van der Waals surface area contributed by atoms with Crippen molar-refractivity contribution in [1.82, 2.24) is 9.78 Å². The molecule has 0 aliphatic carbocycles. The lowest BCUT2D eigenvalue weighted by Crippen LogP contribution is -2.05. The standard InChI is InChI=1S/C9H6BrFN2O2/c1-13-8(9(14)15)6-5(11)3-2-4(10)7(6)12-13/h2-3H,1H3,(H,14,15). The second-order valence-electron chi connectivity index (χ2n) is 3.03. The fourth-order valence-electron chi connectivity index (χ4n) is 1.47. The highest BCUT2D eigenvalue weighted by Crippen LogP contribution is 2.27. The molecule has 0 aliphatic rings. The largest absolute Gasteiger partial charge is 0.477 e. The third kappa shape index (κ3) is 1.41.